The summed E-state index contributed by atoms with van der Waals surface area (Å²) in [7, 11) is 0. The topological polar surface area (TPSA) is 12.0 Å². The molecule has 1 nitrogen and oxygen atoms in total. The van der Waals surface area contributed by atoms with Gasteiger partial charge in [-0.1, -0.05) is 58.4 Å². The van der Waals surface area contributed by atoms with E-state index in [1.54, 1.807) is 0 Å². The molecule has 1 N–H and O–H groups in total. The van der Waals surface area contributed by atoms with E-state index >= 15 is 0 Å². The smallest absolute Gasteiger partial charge is 0.0322 e. The second-order valence-electron chi connectivity index (χ2n) is 5.35. The van der Waals surface area contributed by atoms with Gasteiger partial charge in [0.1, 0.15) is 0 Å². The minimum absolute atomic E-state index is 0.519. The molecule has 0 fully saturated rings. The highest BCUT2D eigenvalue weighted by Crippen LogP contribution is 2.23. The van der Waals surface area contributed by atoms with Gasteiger partial charge in [-0.25, -0.2) is 0 Å². The molecule has 0 aromatic heterocycles. The number of hydrogen-bond acceptors (Lipinski definition) is 1. The molecule has 0 aliphatic carbocycles. The van der Waals surface area contributed by atoms with E-state index in [-0.39, 0.29) is 0 Å². The van der Waals surface area contributed by atoms with E-state index in [0.717, 1.165) is 18.9 Å². The van der Waals surface area contributed by atoms with Crippen LogP contribution in [0.1, 0.15) is 64.1 Å². The molecule has 0 radical (unpaired) electrons. The lowest BCUT2D eigenvalue weighted by atomic mass is 9.93. The van der Waals surface area contributed by atoms with Gasteiger partial charge in [-0.3, -0.25) is 0 Å². The van der Waals surface area contributed by atoms with Crippen molar-refractivity contribution in [1.82, 2.24) is 5.32 Å². The molecule has 0 aliphatic heterocycles. The molecular formula is C17H29N. The molecule has 0 heterocycles. The Kier molecular flexibility index (Phi) is 7.04. The molecule has 0 spiro atoms. The lowest BCUT2D eigenvalue weighted by Crippen LogP contribution is -2.24. The summed E-state index contributed by atoms with van der Waals surface area (Å²) >= 11 is 0. The summed E-state index contributed by atoms with van der Waals surface area (Å²) in [6.07, 6.45) is 4.82. The Morgan fingerprint density at radius 2 is 1.72 bits per heavy atom. The lowest BCUT2D eigenvalue weighted by molar-refractivity contribution is 0.402. The van der Waals surface area contributed by atoms with Crippen molar-refractivity contribution in [3.63, 3.8) is 0 Å². The molecule has 1 aromatic rings. The van der Waals surface area contributed by atoms with Crippen LogP contribution in [0, 0.1) is 5.92 Å². The zero-order chi connectivity index (χ0) is 13.4. The van der Waals surface area contributed by atoms with Crippen LogP contribution >= 0.6 is 0 Å². The Morgan fingerprint density at radius 3 is 2.22 bits per heavy atom. The number of rotatable bonds is 8. The first kappa shape index (κ1) is 15.2. The fourth-order valence-corrected chi connectivity index (χ4v) is 2.21. The number of benzene rings is 1. The molecule has 2 unspecified atom stereocenters. The van der Waals surface area contributed by atoms with Gasteiger partial charge in [-0.15, -0.1) is 0 Å². The van der Waals surface area contributed by atoms with Crippen LogP contribution in [0.25, 0.3) is 0 Å². The van der Waals surface area contributed by atoms with Crippen LogP contribution < -0.4 is 5.32 Å². The second kappa shape index (κ2) is 8.31. The minimum Gasteiger partial charge on any atom is -0.310 e. The summed E-state index contributed by atoms with van der Waals surface area (Å²) in [5.41, 5.74) is 2.87. The molecule has 18 heavy (non-hydrogen) atoms. The van der Waals surface area contributed by atoms with E-state index in [0.29, 0.717) is 6.04 Å². The Balaban J connectivity index is 2.72. The molecule has 0 saturated heterocycles. The minimum atomic E-state index is 0.519. The SMILES string of the molecule is CCCNC(CC(C)CC)c1ccc(CC)cc1. The highest BCUT2D eigenvalue weighted by Gasteiger charge is 2.13. The molecule has 0 saturated carbocycles. The van der Waals surface area contributed by atoms with E-state index in [1.165, 1.54) is 30.4 Å². The first-order valence-electron chi connectivity index (χ1n) is 7.53. The van der Waals surface area contributed by atoms with Crippen molar-refractivity contribution < 1.29 is 0 Å². The van der Waals surface area contributed by atoms with Crippen LogP contribution in [-0.4, -0.2) is 6.54 Å². The van der Waals surface area contributed by atoms with E-state index in [2.05, 4.69) is 57.3 Å². The zero-order valence-electron chi connectivity index (χ0n) is 12.5. The Labute approximate surface area is 113 Å². The summed E-state index contributed by atoms with van der Waals surface area (Å²) in [5, 5.41) is 3.69. The molecule has 102 valence electrons. The summed E-state index contributed by atoms with van der Waals surface area (Å²) in [4.78, 5) is 0. The summed E-state index contributed by atoms with van der Waals surface area (Å²) < 4.78 is 0. The van der Waals surface area contributed by atoms with Crippen LogP contribution in [-0.2, 0) is 6.42 Å². The predicted molar refractivity (Wildman–Crippen MR) is 80.9 cm³/mol. The molecular weight excluding hydrogens is 218 g/mol. The average Bonchev–Trinajstić information content (AvgIpc) is 2.43. The first-order valence-corrected chi connectivity index (χ1v) is 7.53. The summed E-state index contributed by atoms with van der Waals surface area (Å²) in [5.74, 6) is 0.783. The molecule has 1 rings (SSSR count). The maximum Gasteiger partial charge on any atom is 0.0322 e. The molecule has 1 aromatic carbocycles. The normalized spacial score (nSPS) is 14.4. The Bertz CT molecular complexity index is 315. The quantitative estimate of drug-likeness (QED) is 0.700. The van der Waals surface area contributed by atoms with Crippen LogP contribution in [0.2, 0.25) is 0 Å². The highest BCUT2D eigenvalue weighted by molar-refractivity contribution is 5.25. The van der Waals surface area contributed by atoms with Gasteiger partial charge in [-0.2, -0.15) is 0 Å². The Hall–Kier alpha value is -0.820. The van der Waals surface area contributed by atoms with Gasteiger partial charge in [0.2, 0.25) is 0 Å². The molecule has 0 bridgehead atoms. The van der Waals surface area contributed by atoms with Gasteiger partial charge in [0, 0.05) is 6.04 Å². The third kappa shape index (κ3) is 4.81. The van der Waals surface area contributed by atoms with Crippen molar-refractivity contribution in [2.75, 3.05) is 6.54 Å². The van der Waals surface area contributed by atoms with E-state index < -0.39 is 0 Å². The predicted octanol–water partition coefficient (Wildman–Crippen LogP) is 4.73. The van der Waals surface area contributed by atoms with Crippen molar-refractivity contribution in [2.24, 2.45) is 5.92 Å². The molecule has 0 aliphatic rings. The number of hydrogen-bond donors (Lipinski definition) is 1. The standard InChI is InChI=1S/C17H29N/c1-5-12-18-17(13-14(4)6-2)16-10-8-15(7-3)9-11-16/h8-11,14,17-18H,5-7,12-13H2,1-4H3. The fourth-order valence-electron chi connectivity index (χ4n) is 2.21. The summed E-state index contributed by atoms with van der Waals surface area (Å²) in [6, 6.07) is 9.66. The summed E-state index contributed by atoms with van der Waals surface area (Å²) in [6.45, 7) is 10.2. The fraction of sp³-hybridized carbons (Fsp3) is 0.647. The maximum atomic E-state index is 3.69. The highest BCUT2D eigenvalue weighted by atomic mass is 14.9. The third-order valence-electron chi connectivity index (χ3n) is 3.77. The number of aryl methyl sites for hydroxylation is 1. The van der Waals surface area contributed by atoms with Crippen LogP contribution in [0.4, 0.5) is 0 Å². The van der Waals surface area contributed by atoms with Gasteiger partial charge in [-0.05, 0) is 42.9 Å². The van der Waals surface area contributed by atoms with E-state index in [4.69, 9.17) is 0 Å². The van der Waals surface area contributed by atoms with Gasteiger partial charge >= 0.3 is 0 Å². The average molecular weight is 247 g/mol. The van der Waals surface area contributed by atoms with Crippen LogP contribution in [0.5, 0.6) is 0 Å². The lowest BCUT2D eigenvalue weighted by Gasteiger charge is -2.22. The second-order valence-corrected chi connectivity index (χ2v) is 5.35. The van der Waals surface area contributed by atoms with Crippen molar-refractivity contribution >= 4 is 0 Å². The van der Waals surface area contributed by atoms with Gasteiger partial charge in [0.05, 0.1) is 0 Å². The van der Waals surface area contributed by atoms with Crippen molar-refractivity contribution in [3.8, 4) is 0 Å². The van der Waals surface area contributed by atoms with E-state index in [9.17, 15) is 0 Å². The van der Waals surface area contributed by atoms with Crippen molar-refractivity contribution in [1.29, 1.82) is 0 Å². The van der Waals surface area contributed by atoms with Gasteiger partial charge in [0.25, 0.3) is 0 Å². The van der Waals surface area contributed by atoms with Gasteiger partial charge in [0.15, 0.2) is 0 Å². The number of nitrogens with one attached hydrogen (secondary N) is 1. The van der Waals surface area contributed by atoms with Crippen molar-refractivity contribution in [3.05, 3.63) is 35.4 Å². The maximum absolute atomic E-state index is 3.69. The first-order chi connectivity index (χ1) is 8.71. The molecule has 0 amide bonds. The monoisotopic (exact) mass is 247 g/mol. The van der Waals surface area contributed by atoms with Crippen molar-refractivity contribution in [2.45, 2.75) is 59.4 Å². The zero-order valence-corrected chi connectivity index (χ0v) is 12.5. The van der Waals surface area contributed by atoms with E-state index in [1.807, 2.05) is 0 Å². The van der Waals surface area contributed by atoms with Crippen LogP contribution in [0.15, 0.2) is 24.3 Å². The molecule has 2 atom stereocenters. The largest absolute Gasteiger partial charge is 0.310 e. The third-order valence-corrected chi connectivity index (χ3v) is 3.77. The molecule has 1 heteroatoms. The van der Waals surface area contributed by atoms with Crippen LogP contribution in [0.3, 0.4) is 0 Å². The van der Waals surface area contributed by atoms with Gasteiger partial charge < -0.3 is 5.32 Å². The Morgan fingerprint density at radius 1 is 1.06 bits per heavy atom.